The molecule has 23 heavy (non-hydrogen) atoms. The third-order valence-corrected chi connectivity index (χ3v) is 5.17. The Balaban J connectivity index is 1.92. The minimum Gasteiger partial charge on any atom is -0.399 e. The topological polar surface area (TPSA) is 50.8 Å². The van der Waals surface area contributed by atoms with Crippen molar-refractivity contribution in [2.24, 2.45) is 0 Å². The predicted octanol–water partition coefficient (Wildman–Crippen LogP) is 2.15. The molecule has 0 saturated carbocycles. The van der Waals surface area contributed by atoms with Gasteiger partial charge in [0.15, 0.2) is 0 Å². The molecule has 0 radical (unpaired) electrons. The van der Waals surface area contributed by atoms with Crippen molar-refractivity contribution < 1.29 is 14.1 Å². The van der Waals surface area contributed by atoms with Crippen LogP contribution in [0.1, 0.15) is 41.5 Å². The maximum absolute atomic E-state index is 11.9. The molecule has 3 rings (SSSR count). The van der Waals surface area contributed by atoms with E-state index in [1.54, 1.807) is 6.92 Å². The number of carbonyl (C=O) groups excluding carboxylic acids is 1. The van der Waals surface area contributed by atoms with E-state index in [9.17, 15) is 4.79 Å². The number of benzene rings is 1. The van der Waals surface area contributed by atoms with E-state index in [1.165, 1.54) is 0 Å². The van der Waals surface area contributed by atoms with Crippen LogP contribution in [0.25, 0.3) is 0 Å². The first kappa shape index (κ1) is 16.3. The van der Waals surface area contributed by atoms with Crippen molar-refractivity contribution in [2.45, 2.75) is 58.8 Å². The monoisotopic (exact) mass is 316 g/mol. The number of nitrogens with zero attached hydrogens (tertiary/aromatic N) is 1. The summed E-state index contributed by atoms with van der Waals surface area (Å²) in [5.74, 6) is 0.0589. The van der Waals surface area contributed by atoms with E-state index in [4.69, 9.17) is 9.31 Å². The van der Waals surface area contributed by atoms with Gasteiger partial charge >= 0.3 is 7.12 Å². The van der Waals surface area contributed by atoms with Crippen LogP contribution in [-0.2, 0) is 14.1 Å². The number of nitrogens with one attached hydrogen (secondary N) is 1. The molecule has 1 atom stereocenters. The molecule has 1 fully saturated rings. The smallest absolute Gasteiger partial charge is 0.399 e. The molecular formula is C17H25BN2O3. The molecule has 0 aliphatic carbocycles. The first-order valence-corrected chi connectivity index (χ1v) is 8.16. The Hall–Kier alpha value is -1.53. The van der Waals surface area contributed by atoms with Crippen LogP contribution in [0.4, 0.5) is 11.4 Å². The van der Waals surface area contributed by atoms with Crippen LogP contribution < -0.4 is 15.7 Å². The van der Waals surface area contributed by atoms with E-state index < -0.39 is 7.12 Å². The summed E-state index contributed by atoms with van der Waals surface area (Å²) in [6.45, 7) is 12.6. The van der Waals surface area contributed by atoms with Gasteiger partial charge in [0.05, 0.1) is 28.6 Å². The first-order valence-electron chi connectivity index (χ1n) is 8.16. The Morgan fingerprint density at radius 1 is 1.26 bits per heavy atom. The summed E-state index contributed by atoms with van der Waals surface area (Å²) in [7, 11) is -0.391. The van der Waals surface area contributed by atoms with Crippen LogP contribution in [0.15, 0.2) is 18.2 Å². The van der Waals surface area contributed by atoms with Gasteiger partial charge in [0.1, 0.15) is 0 Å². The fourth-order valence-corrected chi connectivity index (χ4v) is 3.10. The molecule has 1 aromatic carbocycles. The lowest BCUT2D eigenvalue weighted by Gasteiger charge is -2.35. The molecule has 6 heteroatoms. The Bertz CT molecular complexity index is 629. The van der Waals surface area contributed by atoms with Gasteiger partial charge in [-0.1, -0.05) is 6.07 Å². The van der Waals surface area contributed by atoms with Gasteiger partial charge in [-0.05, 0) is 52.2 Å². The second kappa shape index (κ2) is 5.25. The largest absolute Gasteiger partial charge is 0.494 e. The number of amides is 1. The van der Waals surface area contributed by atoms with Crippen molar-refractivity contribution >= 4 is 29.9 Å². The molecular weight excluding hydrogens is 291 g/mol. The van der Waals surface area contributed by atoms with Crippen molar-refractivity contribution in [3.63, 3.8) is 0 Å². The molecule has 2 heterocycles. The number of fused-ring (bicyclic) bond motifs is 1. The molecule has 5 nitrogen and oxygen atoms in total. The van der Waals surface area contributed by atoms with Gasteiger partial charge < -0.3 is 19.5 Å². The summed E-state index contributed by atoms with van der Waals surface area (Å²) in [6, 6.07) is 6.12. The van der Waals surface area contributed by atoms with Gasteiger partial charge in [0.25, 0.3) is 0 Å². The van der Waals surface area contributed by atoms with Crippen molar-refractivity contribution in [1.29, 1.82) is 0 Å². The van der Waals surface area contributed by atoms with Crippen LogP contribution in [-0.4, -0.2) is 36.8 Å². The molecule has 0 aromatic heterocycles. The van der Waals surface area contributed by atoms with Gasteiger partial charge in [-0.2, -0.15) is 0 Å². The van der Waals surface area contributed by atoms with E-state index >= 15 is 0 Å². The number of hydrogen-bond donors (Lipinski definition) is 1. The Labute approximate surface area is 138 Å². The SMILES string of the molecule is CC(=O)N1c2ccc(B3OC(C)(C)C(C)(C)O3)cc2NC[C@@H]1C. The number of carbonyl (C=O) groups is 1. The van der Waals surface area contributed by atoms with Crippen LogP contribution in [0, 0.1) is 0 Å². The Morgan fingerprint density at radius 3 is 2.43 bits per heavy atom. The third kappa shape index (κ3) is 2.64. The molecule has 0 bridgehead atoms. The number of rotatable bonds is 1. The summed E-state index contributed by atoms with van der Waals surface area (Å²) >= 11 is 0. The molecule has 1 amide bonds. The average molecular weight is 316 g/mol. The number of hydrogen-bond acceptors (Lipinski definition) is 4. The lowest BCUT2D eigenvalue weighted by atomic mass is 9.78. The minimum absolute atomic E-state index is 0.0589. The van der Waals surface area contributed by atoms with Gasteiger partial charge in [-0.15, -0.1) is 0 Å². The normalized spacial score (nSPS) is 25.0. The number of anilines is 2. The van der Waals surface area contributed by atoms with Crippen LogP contribution in [0.2, 0.25) is 0 Å². The van der Waals surface area contributed by atoms with E-state index in [1.807, 2.05) is 57.7 Å². The summed E-state index contributed by atoms with van der Waals surface area (Å²) in [4.78, 5) is 13.8. The standard InChI is InChI=1S/C17H25BN2O3/c1-11-10-19-14-9-13(7-8-15(14)20(11)12(2)21)18-22-16(3,4)17(5,6)23-18/h7-9,11,19H,10H2,1-6H3/t11-/m0/s1. The highest BCUT2D eigenvalue weighted by Gasteiger charge is 2.51. The summed E-state index contributed by atoms with van der Waals surface area (Å²) < 4.78 is 12.2. The molecule has 1 aromatic rings. The zero-order valence-corrected chi connectivity index (χ0v) is 14.8. The molecule has 124 valence electrons. The molecule has 2 aliphatic heterocycles. The van der Waals surface area contributed by atoms with Crippen LogP contribution >= 0.6 is 0 Å². The van der Waals surface area contributed by atoms with Crippen molar-refractivity contribution in [3.8, 4) is 0 Å². The highest BCUT2D eigenvalue weighted by Crippen LogP contribution is 2.37. The van der Waals surface area contributed by atoms with E-state index in [2.05, 4.69) is 5.32 Å². The van der Waals surface area contributed by atoms with E-state index in [0.29, 0.717) is 0 Å². The quantitative estimate of drug-likeness (QED) is 0.807. The Morgan fingerprint density at radius 2 is 1.87 bits per heavy atom. The van der Waals surface area contributed by atoms with Gasteiger partial charge in [-0.3, -0.25) is 4.79 Å². The third-order valence-electron chi connectivity index (χ3n) is 5.17. The van der Waals surface area contributed by atoms with Gasteiger partial charge in [0.2, 0.25) is 5.91 Å². The fourth-order valence-electron chi connectivity index (χ4n) is 3.10. The predicted molar refractivity (Wildman–Crippen MR) is 93.3 cm³/mol. The average Bonchev–Trinajstić information content (AvgIpc) is 2.66. The van der Waals surface area contributed by atoms with Gasteiger partial charge in [-0.25, -0.2) is 0 Å². The zero-order valence-electron chi connectivity index (χ0n) is 14.8. The molecule has 1 N–H and O–H groups in total. The second-order valence-electron chi connectivity index (χ2n) is 7.48. The van der Waals surface area contributed by atoms with Crippen LogP contribution in [0.5, 0.6) is 0 Å². The lowest BCUT2D eigenvalue weighted by Crippen LogP contribution is -2.45. The Kier molecular flexibility index (Phi) is 3.73. The molecule has 0 spiro atoms. The fraction of sp³-hybridized carbons (Fsp3) is 0.588. The molecule has 2 aliphatic rings. The summed E-state index contributed by atoms with van der Waals surface area (Å²) in [5.41, 5.74) is 2.11. The second-order valence-corrected chi connectivity index (χ2v) is 7.48. The maximum atomic E-state index is 11.9. The maximum Gasteiger partial charge on any atom is 0.494 e. The lowest BCUT2D eigenvalue weighted by molar-refractivity contribution is -0.116. The molecule has 1 saturated heterocycles. The van der Waals surface area contributed by atoms with Crippen molar-refractivity contribution in [2.75, 3.05) is 16.8 Å². The summed E-state index contributed by atoms with van der Waals surface area (Å²) in [5, 5.41) is 3.40. The van der Waals surface area contributed by atoms with Crippen molar-refractivity contribution in [3.05, 3.63) is 18.2 Å². The van der Waals surface area contributed by atoms with Crippen molar-refractivity contribution in [1.82, 2.24) is 0 Å². The zero-order chi connectivity index (χ0) is 17.0. The summed E-state index contributed by atoms with van der Waals surface area (Å²) in [6.07, 6.45) is 0. The molecule has 0 unspecified atom stereocenters. The van der Waals surface area contributed by atoms with Crippen LogP contribution in [0.3, 0.4) is 0 Å². The van der Waals surface area contributed by atoms with E-state index in [-0.39, 0.29) is 23.2 Å². The first-order chi connectivity index (χ1) is 10.6. The highest BCUT2D eigenvalue weighted by atomic mass is 16.7. The minimum atomic E-state index is -0.391. The van der Waals surface area contributed by atoms with E-state index in [0.717, 1.165) is 23.4 Å². The highest BCUT2D eigenvalue weighted by molar-refractivity contribution is 6.62. The van der Waals surface area contributed by atoms with Gasteiger partial charge in [0, 0.05) is 13.5 Å².